The number of hydrogen-bond donors (Lipinski definition) is 2. The summed E-state index contributed by atoms with van der Waals surface area (Å²) in [6.45, 7) is 4.06. The van der Waals surface area contributed by atoms with Gasteiger partial charge < -0.3 is 9.15 Å². The van der Waals surface area contributed by atoms with E-state index in [1.54, 1.807) is 11.7 Å². The summed E-state index contributed by atoms with van der Waals surface area (Å²) in [6.07, 6.45) is 11.8. The molecule has 7 heteroatoms. The number of hydroxylamine groups is 1. The van der Waals surface area contributed by atoms with Crippen molar-refractivity contribution < 1.29 is 19.2 Å². The fraction of sp³-hybridized carbons (Fsp3) is 0.800. The number of rotatable bonds is 9. The Balaban J connectivity index is 1.53. The minimum atomic E-state index is -0.384. The number of oxazole rings is 1. The molecular formula is C20H33N3O4. The van der Waals surface area contributed by atoms with E-state index in [0.717, 1.165) is 57.3 Å². The Morgan fingerprint density at radius 3 is 2.81 bits per heavy atom. The highest BCUT2D eigenvalue weighted by Crippen LogP contribution is 2.31. The normalized spacial score (nSPS) is 20.5. The summed E-state index contributed by atoms with van der Waals surface area (Å²) >= 11 is 0. The lowest BCUT2D eigenvalue weighted by atomic mass is 9.84. The molecule has 2 heterocycles. The Labute approximate surface area is 161 Å². The van der Waals surface area contributed by atoms with E-state index in [2.05, 4.69) is 9.88 Å². The molecule has 0 aromatic carbocycles. The van der Waals surface area contributed by atoms with E-state index in [-0.39, 0.29) is 18.2 Å². The van der Waals surface area contributed by atoms with E-state index < -0.39 is 0 Å². The molecule has 2 fully saturated rings. The SMILES string of the molecule is O=C(C[C@@H](CCCC1CCCCC1)c1nc(CN2CCOCC2)co1)NO. The van der Waals surface area contributed by atoms with Crippen LogP contribution >= 0.6 is 0 Å². The van der Waals surface area contributed by atoms with Gasteiger partial charge in [0.25, 0.3) is 0 Å². The van der Waals surface area contributed by atoms with Crippen LogP contribution in [0.2, 0.25) is 0 Å². The summed E-state index contributed by atoms with van der Waals surface area (Å²) in [5, 5.41) is 8.91. The van der Waals surface area contributed by atoms with E-state index in [4.69, 9.17) is 14.4 Å². The van der Waals surface area contributed by atoms with Crippen LogP contribution in [0, 0.1) is 5.92 Å². The molecule has 0 spiro atoms. The van der Waals surface area contributed by atoms with Crippen molar-refractivity contribution in [3.63, 3.8) is 0 Å². The monoisotopic (exact) mass is 379 g/mol. The Bertz CT molecular complexity index is 565. The smallest absolute Gasteiger partial charge is 0.244 e. The molecule has 7 nitrogen and oxygen atoms in total. The van der Waals surface area contributed by atoms with Crippen molar-refractivity contribution in [2.24, 2.45) is 5.92 Å². The number of nitrogens with zero attached hydrogens (tertiary/aromatic N) is 2. The summed E-state index contributed by atoms with van der Waals surface area (Å²) in [7, 11) is 0. The van der Waals surface area contributed by atoms with Crippen LogP contribution in [-0.4, -0.2) is 47.3 Å². The molecule has 1 aromatic rings. The second-order valence-corrected chi connectivity index (χ2v) is 7.94. The van der Waals surface area contributed by atoms with Crippen molar-refractivity contribution >= 4 is 5.91 Å². The molecule has 3 rings (SSSR count). The first-order valence-corrected chi connectivity index (χ1v) is 10.4. The van der Waals surface area contributed by atoms with Gasteiger partial charge in [-0.1, -0.05) is 44.9 Å². The van der Waals surface area contributed by atoms with E-state index in [1.807, 2.05) is 0 Å². The predicted octanol–water partition coefficient (Wildman–Crippen LogP) is 3.24. The average molecular weight is 380 g/mol. The number of aromatic nitrogens is 1. The van der Waals surface area contributed by atoms with Crippen molar-refractivity contribution in [2.45, 2.75) is 70.3 Å². The first kappa shape index (κ1) is 20.3. The largest absolute Gasteiger partial charge is 0.448 e. The predicted molar refractivity (Wildman–Crippen MR) is 100 cm³/mol. The molecule has 1 atom stereocenters. The molecular weight excluding hydrogens is 346 g/mol. The molecule has 1 aliphatic heterocycles. The lowest BCUT2D eigenvalue weighted by Crippen LogP contribution is -2.35. The zero-order valence-corrected chi connectivity index (χ0v) is 16.2. The number of carbonyl (C=O) groups excluding carboxylic acids is 1. The zero-order chi connectivity index (χ0) is 18.9. The number of morpholine rings is 1. The molecule has 1 aliphatic carbocycles. The lowest BCUT2D eigenvalue weighted by molar-refractivity contribution is -0.129. The number of amides is 1. The van der Waals surface area contributed by atoms with Crippen LogP contribution in [0.1, 0.15) is 75.3 Å². The van der Waals surface area contributed by atoms with Crippen LogP contribution in [-0.2, 0) is 16.1 Å². The summed E-state index contributed by atoms with van der Waals surface area (Å²) in [6, 6.07) is 0. The quantitative estimate of drug-likeness (QED) is 0.506. The summed E-state index contributed by atoms with van der Waals surface area (Å²) in [4.78, 5) is 18.7. The van der Waals surface area contributed by atoms with E-state index >= 15 is 0 Å². The van der Waals surface area contributed by atoms with Crippen LogP contribution in [0.15, 0.2) is 10.7 Å². The highest BCUT2D eigenvalue weighted by Gasteiger charge is 2.23. The van der Waals surface area contributed by atoms with Gasteiger partial charge in [-0.15, -0.1) is 0 Å². The Morgan fingerprint density at radius 1 is 1.30 bits per heavy atom. The first-order chi connectivity index (χ1) is 13.2. The van der Waals surface area contributed by atoms with Crippen LogP contribution in [0.5, 0.6) is 0 Å². The van der Waals surface area contributed by atoms with Gasteiger partial charge in [-0.3, -0.25) is 14.9 Å². The molecule has 2 aliphatic rings. The molecule has 1 aromatic heterocycles. The molecule has 1 saturated heterocycles. The van der Waals surface area contributed by atoms with Crippen molar-refractivity contribution in [1.82, 2.24) is 15.4 Å². The third kappa shape index (κ3) is 6.59. The third-order valence-electron chi connectivity index (χ3n) is 5.85. The molecule has 152 valence electrons. The fourth-order valence-corrected chi connectivity index (χ4v) is 4.28. The zero-order valence-electron chi connectivity index (χ0n) is 16.2. The third-order valence-corrected chi connectivity index (χ3v) is 5.85. The summed E-state index contributed by atoms with van der Waals surface area (Å²) in [5.74, 6) is 0.975. The standard InChI is InChI=1S/C20H33N3O4/c24-19(22-25)13-17(8-4-7-16-5-2-1-3-6-16)20-21-18(15-27-20)14-23-9-11-26-12-10-23/h15-17,25H,1-14H2,(H,22,24)/t17-/m1/s1. The van der Waals surface area contributed by atoms with Crippen LogP contribution < -0.4 is 5.48 Å². The van der Waals surface area contributed by atoms with Crippen LogP contribution in [0.25, 0.3) is 0 Å². The van der Waals surface area contributed by atoms with Gasteiger partial charge >= 0.3 is 0 Å². The average Bonchev–Trinajstić information content (AvgIpc) is 3.17. The number of hydrogen-bond acceptors (Lipinski definition) is 6. The second-order valence-electron chi connectivity index (χ2n) is 7.94. The molecule has 0 radical (unpaired) electrons. The van der Waals surface area contributed by atoms with Gasteiger partial charge in [-0.05, 0) is 12.3 Å². The topological polar surface area (TPSA) is 87.8 Å². The van der Waals surface area contributed by atoms with Crippen LogP contribution in [0.4, 0.5) is 0 Å². The summed E-state index contributed by atoms with van der Waals surface area (Å²) in [5.41, 5.74) is 2.64. The Morgan fingerprint density at radius 2 is 2.07 bits per heavy atom. The lowest BCUT2D eigenvalue weighted by Gasteiger charge is -2.25. The highest BCUT2D eigenvalue weighted by atomic mass is 16.5. The van der Waals surface area contributed by atoms with Crippen molar-refractivity contribution in [2.75, 3.05) is 26.3 Å². The molecule has 1 amide bonds. The molecule has 0 unspecified atom stereocenters. The summed E-state index contributed by atoms with van der Waals surface area (Å²) < 4.78 is 11.1. The molecule has 27 heavy (non-hydrogen) atoms. The van der Waals surface area contributed by atoms with Crippen molar-refractivity contribution in [3.05, 3.63) is 17.8 Å². The molecule has 2 N–H and O–H groups in total. The minimum Gasteiger partial charge on any atom is -0.448 e. The van der Waals surface area contributed by atoms with Gasteiger partial charge in [-0.25, -0.2) is 10.5 Å². The Hall–Kier alpha value is -1.44. The van der Waals surface area contributed by atoms with Gasteiger partial charge in [0.2, 0.25) is 5.91 Å². The van der Waals surface area contributed by atoms with Gasteiger partial charge in [0, 0.05) is 32.0 Å². The number of ether oxygens (including phenoxy) is 1. The van der Waals surface area contributed by atoms with Crippen molar-refractivity contribution in [3.8, 4) is 0 Å². The second kappa shape index (κ2) is 10.8. The number of carbonyl (C=O) groups is 1. The van der Waals surface area contributed by atoms with Crippen LogP contribution in [0.3, 0.4) is 0 Å². The fourth-order valence-electron chi connectivity index (χ4n) is 4.28. The highest BCUT2D eigenvalue weighted by molar-refractivity contribution is 5.75. The maximum Gasteiger partial charge on any atom is 0.244 e. The Kier molecular flexibility index (Phi) is 8.10. The number of nitrogens with one attached hydrogen (secondary N) is 1. The maximum atomic E-state index is 11.7. The van der Waals surface area contributed by atoms with E-state index in [9.17, 15) is 4.79 Å². The van der Waals surface area contributed by atoms with E-state index in [1.165, 1.54) is 38.5 Å². The van der Waals surface area contributed by atoms with Gasteiger partial charge in [-0.2, -0.15) is 0 Å². The van der Waals surface area contributed by atoms with Gasteiger partial charge in [0.05, 0.1) is 18.9 Å². The minimum absolute atomic E-state index is 0.0841. The first-order valence-electron chi connectivity index (χ1n) is 10.4. The van der Waals surface area contributed by atoms with Gasteiger partial charge in [0.15, 0.2) is 5.89 Å². The maximum absolute atomic E-state index is 11.7. The molecule has 1 saturated carbocycles. The van der Waals surface area contributed by atoms with Crippen molar-refractivity contribution in [1.29, 1.82) is 0 Å². The van der Waals surface area contributed by atoms with E-state index in [0.29, 0.717) is 5.89 Å². The molecule has 0 bridgehead atoms. The van der Waals surface area contributed by atoms with Gasteiger partial charge in [0.1, 0.15) is 6.26 Å².